The molecule has 0 saturated carbocycles. The molecule has 10 nitrogen and oxygen atoms in total. The van der Waals surface area contributed by atoms with Gasteiger partial charge in [0.15, 0.2) is 5.79 Å². The van der Waals surface area contributed by atoms with Crippen LogP contribution in [0.5, 0.6) is 0 Å². The number of thioether (sulfide) groups is 1. The van der Waals surface area contributed by atoms with Crippen molar-refractivity contribution in [1.29, 1.82) is 0 Å². The number of benzene rings is 3. The Kier molecular flexibility index (Phi) is 13.6. The molecule has 0 aromatic heterocycles. The summed E-state index contributed by atoms with van der Waals surface area (Å²) >= 11 is 1.80. The Morgan fingerprint density at radius 3 is 2.20 bits per heavy atom. The lowest BCUT2D eigenvalue weighted by molar-refractivity contribution is -0.292. The van der Waals surface area contributed by atoms with Crippen molar-refractivity contribution in [3.05, 3.63) is 95.6 Å². The van der Waals surface area contributed by atoms with E-state index in [0.717, 1.165) is 65.7 Å². The van der Waals surface area contributed by atoms with Crippen LogP contribution in [0.2, 0.25) is 0 Å². The van der Waals surface area contributed by atoms with Crippen molar-refractivity contribution >= 4 is 29.9 Å². The molecule has 2 heterocycles. The van der Waals surface area contributed by atoms with Crippen LogP contribution in [-0.4, -0.2) is 90.9 Å². The second-order valence-corrected chi connectivity index (χ2v) is 16.4. The van der Waals surface area contributed by atoms with E-state index in [4.69, 9.17) is 18.9 Å². The molecule has 1 aliphatic carbocycles. The molecule has 1 spiro atoms. The highest BCUT2D eigenvalue weighted by Gasteiger charge is 2.50. The van der Waals surface area contributed by atoms with E-state index in [1.807, 2.05) is 80.3 Å². The van der Waals surface area contributed by atoms with Crippen LogP contribution < -0.4 is 10.6 Å². The number of hydrogen-bond acceptors (Lipinski definition) is 8. The quantitative estimate of drug-likeness (QED) is 0.161. The lowest BCUT2D eigenvalue weighted by atomic mass is 9.98. The number of ether oxygens (including phenoxy) is 4. The van der Waals surface area contributed by atoms with E-state index in [-0.39, 0.29) is 24.5 Å². The molecule has 3 aliphatic rings. The Labute approximate surface area is 324 Å². The topological polar surface area (TPSA) is 115 Å². The molecule has 54 heavy (non-hydrogen) atoms. The fourth-order valence-corrected chi connectivity index (χ4v) is 8.93. The van der Waals surface area contributed by atoms with Gasteiger partial charge in [0.05, 0.1) is 19.3 Å². The van der Waals surface area contributed by atoms with Crippen molar-refractivity contribution in [2.45, 2.75) is 95.1 Å². The van der Waals surface area contributed by atoms with Crippen LogP contribution >= 0.6 is 11.8 Å². The Bertz CT molecular complexity index is 1650. The monoisotopic (exact) mass is 757 g/mol. The molecule has 3 aromatic carbocycles. The van der Waals surface area contributed by atoms with Gasteiger partial charge in [-0.25, -0.2) is 9.59 Å². The average molecular weight is 758 g/mol. The zero-order valence-corrected chi connectivity index (χ0v) is 32.7. The summed E-state index contributed by atoms with van der Waals surface area (Å²) in [7, 11) is 0. The van der Waals surface area contributed by atoms with Crippen LogP contribution in [0.15, 0.2) is 78.9 Å². The van der Waals surface area contributed by atoms with Gasteiger partial charge in [-0.05, 0) is 73.6 Å². The zero-order valence-electron chi connectivity index (χ0n) is 31.9. The summed E-state index contributed by atoms with van der Waals surface area (Å²) in [6, 6.07) is 25.0. The predicted octanol–water partition coefficient (Wildman–Crippen LogP) is 7.69. The number of amides is 3. The Morgan fingerprint density at radius 1 is 0.870 bits per heavy atom. The molecule has 6 rings (SSSR count). The van der Waals surface area contributed by atoms with E-state index in [1.54, 1.807) is 11.8 Å². The fourth-order valence-electron chi connectivity index (χ4n) is 7.67. The summed E-state index contributed by atoms with van der Waals surface area (Å²) in [5, 5.41) is 5.83. The van der Waals surface area contributed by atoms with Crippen molar-refractivity contribution in [3.63, 3.8) is 0 Å². The molecule has 3 aromatic rings. The maximum atomic E-state index is 14.9. The Balaban J connectivity index is 1.16. The van der Waals surface area contributed by atoms with Gasteiger partial charge in [0.1, 0.15) is 18.2 Å². The first-order chi connectivity index (χ1) is 26.1. The lowest BCUT2D eigenvalue weighted by Gasteiger charge is -2.50. The number of nitrogens with zero attached hydrogens (tertiary/aromatic N) is 1. The molecule has 1 unspecified atom stereocenters. The summed E-state index contributed by atoms with van der Waals surface area (Å²) in [5.74, 6) is 0.409. The van der Waals surface area contributed by atoms with Crippen molar-refractivity contribution in [1.82, 2.24) is 15.5 Å². The highest BCUT2D eigenvalue weighted by atomic mass is 32.2. The maximum Gasteiger partial charge on any atom is 0.407 e. The first-order valence-electron chi connectivity index (χ1n) is 19.4. The standard InChI is InChI=1S/C43H55N3O7S/c1-42(2,3)53-40(48)44-23-13-4-5-14-24-46(38-30-54-27-22-43(38)51-25-15-26-52-43)39(47)37(28-31-16-7-6-8-17-31)45-41(49)50-29-36-34-20-11-9-18-32(34)33-19-10-12-21-35(33)36/h6-12,16-21,36-38H,4-5,13-15,22-30H2,1-3H3,(H,44,48)(H,45,49)/t37-,38?/m0/s1. The number of alkyl carbamates (subject to hydrolysis) is 2. The van der Waals surface area contributed by atoms with Gasteiger partial charge in [-0.2, -0.15) is 11.8 Å². The number of nitrogens with one attached hydrogen (secondary N) is 2. The van der Waals surface area contributed by atoms with Crippen molar-refractivity contribution in [2.75, 3.05) is 44.4 Å². The first kappa shape index (κ1) is 39.6. The molecule has 2 aliphatic heterocycles. The molecule has 0 radical (unpaired) electrons. The number of rotatable bonds is 14. The SMILES string of the molecule is CC(C)(C)OC(=O)NCCCCCCN(C(=O)[C@H](Cc1ccccc1)NC(=O)OCC1c2ccccc2-c2ccccc21)C1CSCCC12OCCCO2. The maximum absolute atomic E-state index is 14.9. The van der Waals surface area contributed by atoms with Crippen molar-refractivity contribution in [2.24, 2.45) is 0 Å². The van der Waals surface area contributed by atoms with E-state index in [2.05, 4.69) is 34.9 Å². The largest absolute Gasteiger partial charge is 0.449 e. The molecule has 2 fully saturated rings. The zero-order chi connectivity index (χ0) is 38.0. The van der Waals surface area contributed by atoms with Crippen LogP contribution in [0.1, 0.15) is 81.9 Å². The summed E-state index contributed by atoms with van der Waals surface area (Å²) < 4.78 is 24.1. The minimum Gasteiger partial charge on any atom is -0.449 e. The van der Waals surface area contributed by atoms with Gasteiger partial charge in [-0.3, -0.25) is 4.79 Å². The van der Waals surface area contributed by atoms with E-state index in [1.165, 1.54) is 0 Å². The minimum absolute atomic E-state index is 0.0954. The van der Waals surface area contributed by atoms with E-state index in [0.29, 0.717) is 44.9 Å². The van der Waals surface area contributed by atoms with Gasteiger partial charge >= 0.3 is 12.2 Å². The number of carbonyl (C=O) groups excluding carboxylic acids is 3. The first-order valence-corrected chi connectivity index (χ1v) is 20.6. The van der Waals surface area contributed by atoms with Gasteiger partial charge in [-0.1, -0.05) is 91.7 Å². The highest BCUT2D eigenvalue weighted by molar-refractivity contribution is 7.99. The smallest absolute Gasteiger partial charge is 0.407 e. The number of unbranched alkanes of at least 4 members (excludes halogenated alkanes) is 3. The molecule has 11 heteroatoms. The molecule has 290 valence electrons. The predicted molar refractivity (Wildman–Crippen MR) is 212 cm³/mol. The lowest BCUT2D eigenvalue weighted by Crippen LogP contribution is -2.64. The fraction of sp³-hybridized carbons (Fsp3) is 0.512. The molecule has 2 saturated heterocycles. The molecular weight excluding hydrogens is 703 g/mol. The minimum atomic E-state index is -0.877. The number of fused-ring (bicyclic) bond motifs is 3. The van der Waals surface area contributed by atoms with Crippen LogP contribution in [0, 0.1) is 0 Å². The Hall–Kier alpha value is -4.06. The van der Waals surface area contributed by atoms with Gasteiger partial charge < -0.3 is 34.5 Å². The third-order valence-electron chi connectivity index (χ3n) is 10.2. The Morgan fingerprint density at radius 2 is 1.52 bits per heavy atom. The van der Waals surface area contributed by atoms with Gasteiger partial charge in [-0.15, -0.1) is 0 Å². The van der Waals surface area contributed by atoms with Crippen LogP contribution in [0.3, 0.4) is 0 Å². The second kappa shape index (κ2) is 18.5. The number of carbonyl (C=O) groups is 3. The van der Waals surface area contributed by atoms with Gasteiger partial charge in [0, 0.05) is 37.6 Å². The van der Waals surface area contributed by atoms with E-state index < -0.39 is 29.6 Å². The van der Waals surface area contributed by atoms with Gasteiger partial charge in [0.2, 0.25) is 5.91 Å². The van der Waals surface area contributed by atoms with Crippen LogP contribution in [0.25, 0.3) is 11.1 Å². The average Bonchev–Trinajstić information content (AvgIpc) is 3.48. The summed E-state index contributed by atoms with van der Waals surface area (Å²) in [6.45, 7) is 7.85. The van der Waals surface area contributed by atoms with E-state index >= 15 is 0 Å². The molecule has 0 bridgehead atoms. The summed E-state index contributed by atoms with van der Waals surface area (Å²) in [6.07, 6.45) is 4.05. The molecule has 2 N–H and O–H groups in total. The summed E-state index contributed by atoms with van der Waals surface area (Å²) in [4.78, 5) is 42.6. The molecule has 2 atom stereocenters. The molecular formula is C43H55N3O7S. The van der Waals surface area contributed by atoms with Crippen LogP contribution in [0.4, 0.5) is 9.59 Å². The van der Waals surface area contributed by atoms with E-state index in [9.17, 15) is 14.4 Å². The third kappa shape index (κ3) is 10.2. The number of hydrogen-bond donors (Lipinski definition) is 2. The van der Waals surface area contributed by atoms with Crippen molar-refractivity contribution < 1.29 is 33.3 Å². The van der Waals surface area contributed by atoms with Crippen molar-refractivity contribution in [3.8, 4) is 11.1 Å². The third-order valence-corrected chi connectivity index (χ3v) is 11.3. The summed E-state index contributed by atoms with van der Waals surface area (Å²) in [5.41, 5.74) is 4.95. The van der Waals surface area contributed by atoms with Crippen LogP contribution in [-0.2, 0) is 30.2 Å². The second-order valence-electron chi connectivity index (χ2n) is 15.3. The normalized spacial score (nSPS) is 18.2. The van der Waals surface area contributed by atoms with Gasteiger partial charge in [0.25, 0.3) is 0 Å². The molecule has 3 amide bonds. The highest BCUT2D eigenvalue weighted by Crippen LogP contribution is 2.44.